The number of rotatable bonds is 3. The van der Waals surface area contributed by atoms with Crippen LogP contribution < -0.4 is 10.6 Å². The fraction of sp³-hybridized carbons (Fsp3) is 0.571. The van der Waals surface area contributed by atoms with E-state index in [1.165, 1.54) is 6.08 Å². The summed E-state index contributed by atoms with van der Waals surface area (Å²) in [5.41, 5.74) is 0. The summed E-state index contributed by atoms with van der Waals surface area (Å²) in [5, 5.41) is 13.9. The fourth-order valence-electron chi connectivity index (χ4n) is 0.831. The molecule has 0 atom stereocenters. The zero-order valence-electron chi connectivity index (χ0n) is 6.62. The second-order valence-corrected chi connectivity index (χ2v) is 2.49. The summed E-state index contributed by atoms with van der Waals surface area (Å²) in [6, 6.07) is 0. The minimum absolute atomic E-state index is 0. The predicted molar refractivity (Wildman–Crippen MR) is 48.4 cm³/mol. The van der Waals surface area contributed by atoms with Crippen LogP contribution in [0.25, 0.3) is 0 Å². The van der Waals surface area contributed by atoms with Crippen molar-refractivity contribution in [2.24, 2.45) is 5.92 Å². The molecule has 0 aromatic carbocycles. The number of nitrogens with one attached hydrogen (secondary N) is 2. The first-order valence-corrected chi connectivity index (χ1v) is 3.62. The third kappa shape index (κ3) is 3.11. The minimum Gasteiger partial charge on any atom is -0.516 e. The van der Waals surface area contributed by atoms with Gasteiger partial charge in [0.05, 0.1) is 12.2 Å². The molecule has 3 N–H and O–H groups in total. The largest absolute Gasteiger partial charge is 0.516 e. The molecule has 1 saturated heterocycles. The monoisotopic (exact) mass is 192 g/mol. The first kappa shape index (κ1) is 11.3. The molecule has 1 aliphatic heterocycles. The van der Waals surface area contributed by atoms with Crippen LogP contribution in [-0.2, 0) is 4.79 Å². The van der Waals surface area contributed by atoms with Gasteiger partial charge in [-0.05, 0) is 6.08 Å². The lowest BCUT2D eigenvalue weighted by molar-refractivity contribution is -0.126. The van der Waals surface area contributed by atoms with Crippen molar-refractivity contribution in [1.82, 2.24) is 10.6 Å². The SMILES string of the molecule is Cl.O=C(NCC=CO)C1CNC1. The third-order valence-corrected chi connectivity index (χ3v) is 1.65. The molecule has 0 spiro atoms. The molecule has 1 rings (SSSR count). The number of aliphatic hydroxyl groups excluding tert-OH is 1. The Morgan fingerprint density at radius 1 is 1.67 bits per heavy atom. The number of carbonyl (C=O) groups excluding carboxylic acids is 1. The van der Waals surface area contributed by atoms with Gasteiger partial charge in [0.1, 0.15) is 0 Å². The number of halogens is 1. The van der Waals surface area contributed by atoms with E-state index in [2.05, 4.69) is 10.6 Å². The van der Waals surface area contributed by atoms with Crippen LogP contribution in [0.3, 0.4) is 0 Å². The third-order valence-electron chi connectivity index (χ3n) is 1.65. The molecule has 12 heavy (non-hydrogen) atoms. The molecule has 70 valence electrons. The Morgan fingerprint density at radius 2 is 2.33 bits per heavy atom. The van der Waals surface area contributed by atoms with Gasteiger partial charge in [0, 0.05) is 19.6 Å². The fourth-order valence-corrected chi connectivity index (χ4v) is 0.831. The predicted octanol–water partition coefficient (Wildman–Crippen LogP) is -0.185. The maximum absolute atomic E-state index is 11.0. The summed E-state index contributed by atoms with van der Waals surface area (Å²) in [6.45, 7) is 1.95. The number of carbonyl (C=O) groups is 1. The van der Waals surface area contributed by atoms with Crippen LogP contribution in [0.1, 0.15) is 0 Å². The van der Waals surface area contributed by atoms with E-state index in [0.717, 1.165) is 19.4 Å². The molecule has 1 fully saturated rings. The number of amides is 1. The van der Waals surface area contributed by atoms with Crippen LogP contribution in [0.2, 0.25) is 0 Å². The van der Waals surface area contributed by atoms with E-state index in [0.29, 0.717) is 6.54 Å². The van der Waals surface area contributed by atoms with Crippen LogP contribution in [-0.4, -0.2) is 30.6 Å². The van der Waals surface area contributed by atoms with Crippen molar-refractivity contribution < 1.29 is 9.90 Å². The molecule has 1 amide bonds. The van der Waals surface area contributed by atoms with E-state index >= 15 is 0 Å². The quantitative estimate of drug-likeness (QED) is 0.544. The van der Waals surface area contributed by atoms with E-state index in [-0.39, 0.29) is 24.2 Å². The van der Waals surface area contributed by atoms with Crippen molar-refractivity contribution >= 4 is 18.3 Å². The van der Waals surface area contributed by atoms with Crippen molar-refractivity contribution in [3.05, 3.63) is 12.3 Å². The Kier molecular flexibility index (Phi) is 5.49. The molecule has 0 bridgehead atoms. The van der Waals surface area contributed by atoms with Gasteiger partial charge in [0.2, 0.25) is 5.91 Å². The number of aliphatic hydroxyl groups is 1. The van der Waals surface area contributed by atoms with Crippen LogP contribution in [0, 0.1) is 5.92 Å². The average Bonchev–Trinajstić information content (AvgIpc) is 1.84. The zero-order chi connectivity index (χ0) is 8.10. The van der Waals surface area contributed by atoms with Crippen molar-refractivity contribution in [3.63, 3.8) is 0 Å². The van der Waals surface area contributed by atoms with E-state index in [1.807, 2.05) is 0 Å². The summed E-state index contributed by atoms with van der Waals surface area (Å²) in [5.74, 6) is 0.184. The summed E-state index contributed by atoms with van der Waals surface area (Å²) >= 11 is 0. The van der Waals surface area contributed by atoms with Gasteiger partial charge in [-0.25, -0.2) is 0 Å². The average molecular weight is 193 g/mol. The molecule has 4 nitrogen and oxygen atoms in total. The highest BCUT2D eigenvalue weighted by atomic mass is 35.5. The standard InChI is InChI=1S/C7H12N2O2.ClH/c10-3-1-2-9-7(11)6-4-8-5-6;/h1,3,6,8,10H,2,4-5H2,(H,9,11);1H. The Balaban J connectivity index is 0.00000121. The lowest BCUT2D eigenvalue weighted by Gasteiger charge is -2.25. The van der Waals surface area contributed by atoms with Gasteiger partial charge in [-0.15, -0.1) is 12.4 Å². The molecule has 0 aromatic rings. The molecule has 1 heterocycles. The first-order chi connectivity index (χ1) is 5.34. The molecule has 0 radical (unpaired) electrons. The van der Waals surface area contributed by atoms with Gasteiger partial charge in [0.15, 0.2) is 0 Å². The normalized spacial score (nSPS) is 16.7. The second kappa shape index (κ2) is 5.85. The molecule has 0 saturated carbocycles. The maximum Gasteiger partial charge on any atom is 0.225 e. The van der Waals surface area contributed by atoms with E-state index < -0.39 is 0 Å². The molecule has 0 unspecified atom stereocenters. The van der Waals surface area contributed by atoms with Gasteiger partial charge >= 0.3 is 0 Å². The topological polar surface area (TPSA) is 61.4 Å². The van der Waals surface area contributed by atoms with Crippen molar-refractivity contribution in [2.75, 3.05) is 19.6 Å². The summed E-state index contributed by atoms with van der Waals surface area (Å²) in [7, 11) is 0. The highest BCUT2D eigenvalue weighted by Crippen LogP contribution is 2.01. The zero-order valence-corrected chi connectivity index (χ0v) is 7.43. The summed E-state index contributed by atoms with van der Waals surface area (Å²) < 4.78 is 0. The van der Waals surface area contributed by atoms with Gasteiger partial charge < -0.3 is 15.7 Å². The van der Waals surface area contributed by atoms with Crippen molar-refractivity contribution in [2.45, 2.75) is 0 Å². The van der Waals surface area contributed by atoms with E-state index in [4.69, 9.17) is 5.11 Å². The Bertz CT molecular complexity index is 169. The van der Waals surface area contributed by atoms with E-state index in [9.17, 15) is 4.79 Å². The van der Waals surface area contributed by atoms with Crippen LogP contribution in [0.15, 0.2) is 12.3 Å². The second-order valence-electron chi connectivity index (χ2n) is 2.49. The molecular weight excluding hydrogens is 180 g/mol. The lowest BCUT2D eigenvalue weighted by atomic mass is 10.0. The van der Waals surface area contributed by atoms with Gasteiger partial charge in [-0.3, -0.25) is 4.79 Å². The lowest BCUT2D eigenvalue weighted by Crippen LogP contribution is -2.50. The molecule has 1 aliphatic rings. The smallest absolute Gasteiger partial charge is 0.225 e. The summed E-state index contributed by atoms with van der Waals surface area (Å²) in [6.07, 6.45) is 2.42. The molecule has 0 aromatic heterocycles. The first-order valence-electron chi connectivity index (χ1n) is 3.62. The Hall–Kier alpha value is -0.740. The van der Waals surface area contributed by atoms with Crippen LogP contribution in [0.5, 0.6) is 0 Å². The van der Waals surface area contributed by atoms with Gasteiger partial charge in [0.25, 0.3) is 0 Å². The minimum atomic E-state index is 0. The maximum atomic E-state index is 11.0. The summed E-state index contributed by atoms with van der Waals surface area (Å²) in [4.78, 5) is 11.0. The van der Waals surface area contributed by atoms with Crippen molar-refractivity contribution in [1.29, 1.82) is 0 Å². The highest BCUT2D eigenvalue weighted by molar-refractivity contribution is 5.85. The van der Waals surface area contributed by atoms with Gasteiger partial charge in [-0.2, -0.15) is 0 Å². The van der Waals surface area contributed by atoms with Crippen LogP contribution in [0.4, 0.5) is 0 Å². The molecule has 5 heteroatoms. The highest BCUT2D eigenvalue weighted by Gasteiger charge is 2.23. The van der Waals surface area contributed by atoms with Gasteiger partial charge in [-0.1, -0.05) is 0 Å². The van der Waals surface area contributed by atoms with Crippen LogP contribution >= 0.6 is 12.4 Å². The molecule has 0 aliphatic carbocycles. The number of hydrogen-bond donors (Lipinski definition) is 3. The van der Waals surface area contributed by atoms with E-state index in [1.54, 1.807) is 0 Å². The molecular formula is C7H13ClN2O2. The van der Waals surface area contributed by atoms with Crippen molar-refractivity contribution in [3.8, 4) is 0 Å². The Morgan fingerprint density at radius 3 is 2.75 bits per heavy atom. The number of hydrogen-bond acceptors (Lipinski definition) is 3. The Labute approximate surface area is 77.4 Å².